The van der Waals surface area contributed by atoms with Crippen molar-refractivity contribution in [2.75, 3.05) is 13.7 Å². The molecule has 3 rings (SSSR count). The molecular formula is C19H20N4O5S. The summed E-state index contributed by atoms with van der Waals surface area (Å²) in [4.78, 5) is 41.4. The lowest BCUT2D eigenvalue weighted by molar-refractivity contribution is -0.122. The number of fused-ring (bicyclic) bond motifs is 1. The summed E-state index contributed by atoms with van der Waals surface area (Å²) in [5, 5.41) is 2.32. The maximum Gasteiger partial charge on any atom is 0.269 e. The Balaban J connectivity index is 1.55. The lowest BCUT2D eigenvalue weighted by Gasteiger charge is -2.12. The molecule has 0 aliphatic carbocycles. The zero-order valence-electron chi connectivity index (χ0n) is 15.9. The quantitative estimate of drug-likeness (QED) is 0.567. The normalized spacial score (nSPS) is 10.6. The van der Waals surface area contributed by atoms with E-state index in [0.29, 0.717) is 33.9 Å². The summed E-state index contributed by atoms with van der Waals surface area (Å²) in [5.74, 6) is 0.00513. The number of rotatable bonds is 7. The minimum Gasteiger partial charge on any atom is -0.493 e. The molecule has 0 saturated carbocycles. The van der Waals surface area contributed by atoms with Crippen LogP contribution < -0.4 is 25.9 Å². The molecule has 3 aromatic rings. The number of nitrogens with one attached hydrogen (secondary N) is 2. The van der Waals surface area contributed by atoms with E-state index in [1.54, 1.807) is 23.6 Å². The first-order valence-corrected chi connectivity index (χ1v) is 9.74. The van der Waals surface area contributed by atoms with E-state index in [0.717, 1.165) is 0 Å². The van der Waals surface area contributed by atoms with Gasteiger partial charge in [0, 0.05) is 18.5 Å². The third-order valence-corrected chi connectivity index (χ3v) is 4.89. The van der Waals surface area contributed by atoms with Crippen molar-refractivity contribution in [2.24, 2.45) is 0 Å². The first-order chi connectivity index (χ1) is 14.0. The molecule has 10 heteroatoms. The summed E-state index contributed by atoms with van der Waals surface area (Å²) in [7, 11) is 1.48. The number of ether oxygens (including phenoxy) is 2. The molecular weight excluding hydrogens is 396 g/mol. The second-order valence-corrected chi connectivity index (χ2v) is 6.83. The second kappa shape index (κ2) is 9.20. The van der Waals surface area contributed by atoms with Gasteiger partial charge >= 0.3 is 0 Å². The molecule has 2 aromatic heterocycles. The van der Waals surface area contributed by atoms with E-state index in [-0.39, 0.29) is 18.5 Å². The van der Waals surface area contributed by atoms with Gasteiger partial charge in [-0.2, -0.15) is 0 Å². The Kier molecular flexibility index (Phi) is 6.45. The number of amides is 2. The number of hydrogen-bond acceptors (Lipinski definition) is 7. The Labute approximate surface area is 170 Å². The molecule has 0 fully saturated rings. The van der Waals surface area contributed by atoms with Crippen molar-refractivity contribution in [1.29, 1.82) is 0 Å². The minimum absolute atomic E-state index is 0.00408. The summed E-state index contributed by atoms with van der Waals surface area (Å²) < 4.78 is 12.0. The van der Waals surface area contributed by atoms with Crippen LogP contribution in [0.2, 0.25) is 0 Å². The Bertz CT molecular complexity index is 1090. The molecule has 9 nitrogen and oxygen atoms in total. The Morgan fingerprint density at radius 3 is 2.79 bits per heavy atom. The van der Waals surface area contributed by atoms with E-state index >= 15 is 0 Å². The summed E-state index contributed by atoms with van der Waals surface area (Å²) >= 11 is 1.38. The molecule has 0 unspecified atom stereocenters. The van der Waals surface area contributed by atoms with Crippen LogP contribution in [0.3, 0.4) is 0 Å². The number of thiophene rings is 1. The number of hydrazine groups is 1. The van der Waals surface area contributed by atoms with Crippen LogP contribution in [0.5, 0.6) is 11.5 Å². The molecule has 0 aliphatic rings. The fraction of sp³-hybridized carbons (Fsp3) is 0.263. The molecule has 152 valence electrons. The molecule has 2 heterocycles. The fourth-order valence-electron chi connectivity index (χ4n) is 2.62. The van der Waals surface area contributed by atoms with Crippen LogP contribution in [-0.4, -0.2) is 35.1 Å². The van der Waals surface area contributed by atoms with Crippen LogP contribution in [0.25, 0.3) is 10.2 Å². The van der Waals surface area contributed by atoms with Crippen LogP contribution in [0, 0.1) is 0 Å². The van der Waals surface area contributed by atoms with E-state index in [1.165, 1.54) is 35.4 Å². The van der Waals surface area contributed by atoms with Gasteiger partial charge in [0.1, 0.15) is 4.83 Å². The average molecular weight is 416 g/mol. The predicted molar refractivity (Wildman–Crippen MR) is 108 cm³/mol. The fourth-order valence-corrected chi connectivity index (χ4v) is 3.34. The number of methoxy groups -OCH3 is 1. The molecule has 0 bridgehead atoms. The van der Waals surface area contributed by atoms with Gasteiger partial charge in [-0.15, -0.1) is 11.3 Å². The highest BCUT2D eigenvalue weighted by atomic mass is 32.1. The molecule has 0 saturated heterocycles. The van der Waals surface area contributed by atoms with Gasteiger partial charge in [0.25, 0.3) is 11.5 Å². The van der Waals surface area contributed by atoms with Crippen molar-refractivity contribution in [2.45, 2.75) is 19.9 Å². The van der Waals surface area contributed by atoms with Gasteiger partial charge in [-0.3, -0.25) is 29.8 Å². The van der Waals surface area contributed by atoms with Gasteiger partial charge in [-0.1, -0.05) is 0 Å². The van der Waals surface area contributed by atoms with E-state index in [2.05, 4.69) is 15.8 Å². The predicted octanol–water partition coefficient (Wildman–Crippen LogP) is 1.72. The van der Waals surface area contributed by atoms with Crippen molar-refractivity contribution < 1.29 is 19.1 Å². The summed E-state index contributed by atoms with van der Waals surface area (Å²) in [5.41, 5.74) is 4.78. The molecule has 0 radical (unpaired) electrons. The summed E-state index contributed by atoms with van der Waals surface area (Å²) in [6, 6.07) is 6.42. The summed E-state index contributed by atoms with van der Waals surface area (Å²) in [6.07, 6.45) is 1.42. The lowest BCUT2D eigenvalue weighted by Crippen LogP contribution is -2.42. The molecule has 29 heavy (non-hydrogen) atoms. The number of benzene rings is 1. The Morgan fingerprint density at radius 2 is 2.03 bits per heavy atom. The number of nitrogens with zero attached hydrogens (tertiary/aromatic N) is 2. The molecule has 1 aromatic carbocycles. The van der Waals surface area contributed by atoms with Crippen molar-refractivity contribution >= 4 is 33.4 Å². The van der Waals surface area contributed by atoms with Crippen LogP contribution in [-0.2, 0) is 11.3 Å². The van der Waals surface area contributed by atoms with Crippen molar-refractivity contribution in [3.05, 3.63) is 51.9 Å². The number of aryl methyl sites for hydroxylation is 1. The van der Waals surface area contributed by atoms with Crippen molar-refractivity contribution in [1.82, 2.24) is 20.4 Å². The van der Waals surface area contributed by atoms with Crippen molar-refractivity contribution in [3.63, 3.8) is 0 Å². The Hall–Kier alpha value is -3.40. The molecule has 0 aliphatic heterocycles. The van der Waals surface area contributed by atoms with E-state index in [1.807, 2.05) is 6.92 Å². The molecule has 0 atom stereocenters. The smallest absolute Gasteiger partial charge is 0.269 e. The first-order valence-electron chi connectivity index (χ1n) is 8.86. The van der Waals surface area contributed by atoms with Gasteiger partial charge in [0.05, 0.1) is 25.4 Å². The van der Waals surface area contributed by atoms with E-state index < -0.39 is 11.8 Å². The second-order valence-electron chi connectivity index (χ2n) is 5.93. The molecule has 2 N–H and O–H groups in total. The lowest BCUT2D eigenvalue weighted by atomic mass is 10.2. The van der Waals surface area contributed by atoms with Crippen LogP contribution in [0.4, 0.5) is 0 Å². The number of aromatic nitrogens is 2. The minimum atomic E-state index is -0.502. The van der Waals surface area contributed by atoms with E-state index in [4.69, 9.17) is 9.47 Å². The van der Waals surface area contributed by atoms with Crippen LogP contribution in [0.1, 0.15) is 23.7 Å². The van der Waals surface area contributed by atoms with Crippen LogP contribution >= 0.6 is 11.3 Å². The highest BCUT2D eigenvalue weighted by Gasteiger charge is 2.12. The van der Waals surface area contributed by atoms with Gasteiger partial charge < -0.3 is 9.47 Å². The van der Waals surface area contributed by atoms with Gasteiger partial charge in [-0.05, 0) is 36.6 Å². The third-order valence-electron chi connectivity index (χ3n) is 4.07. The zero-order valence-corrected chi connectivity index (χ0v) is 16.7. The zero-order chi connectivity index (χ0) is 20.8. The highest BCUT2D eigenvalue weighted by Crippen LogP contribution is 2.27. The number of hydrogen-bond donors (Lipinski definition) is 2. The standard InChI is InChI=1S/C19H20N4O5S/c1-3-28-14-5-4-12(10-15(14)27-2)17(25)22-21-16(24)6-8-23-11-20-18-13(19(23)26)7-9-29-18/h4-5,7,9-11H,3,6,8H2,1-2H3,(H,21,24)(H,22,25). The maximum absolute atomic E-state index is 12.3. The SMILES string of the molecule is CCOc1ccc(C(=O)NNC(=O)CCn2cnc3sccc3c2=O)cc1OC. The summed E-state index contributed by atoms with van der Waals surface area (Å²) in [6.45, 7) is 2.46. The monoisotopic (exact) mass is 416 g/mol. The van der Waals surface area contributed by atoms with Gasteiger partial charge in [0.15, 0.2) is 11.5 Å². The molecule has 2 amide bonds. The highest BCUT2D eigenvalue weighted by molar-refractivity contribution is 7.16. The Morgan fingerprint density at radius 1 is 1.21 bits per heavy atom. The largest absolute Gasteiger partial charge is 0.493 e. The average Bonchev–Trinajstić information content (AvgIpc) is 3.21. The van der Waals surface area contributed by atoms with E-state index in [9.17, 15) is 14.4 Å². The maximum atomic E-state index is 12.3. The molecule has 0 spiro atoms. The van der Waals surface area contributed by atoms with Gasteiger partial charge in [-0.25, -0.2) is 4.98 Å². The van der Waals surface area contributed by atoms with Gasteiger partial charge in [0.2, 0.25) is 5.91 Å². The topological polar surface area (TPSA) is 112 Å². The number of carbonyl (C=O) groups is 2. The van der Waals surface area contributed by atoms with Crippen LogP contribution in [0.15, 0.2) is 40.8 Å². The third kappa shape index (κ3) is 4.72. The first kappa shape index (κ1) is 20.3. The van der Waals surface area contributed by atoms with Crippen molar-refractivity contribution in [3.8, 4) is 11.5 Å². The number of carbonyl (C=O) groups excluding carboxylic acids is 2.